The van der Waals surface area contributed by atoms with Gasteiger partial charge in [-0.25, -0.2) is 4.79 Å². The van der Waals surface area contributed by atoms with Crippen molar-refractivity contribution in [1.82, 2.24) is 10.6 Å². The Morgan fingerprint density at radius 1 is 0.833 bits per heavy atom. The highest BCUT2D eigenvalue weighted by atomic mass is 35.5. The van der Waals surface area contributed by atoms with Crippen molar-refractivity contribution in [2.24, 2.45) is 0 Å². The lowest BCUT2D eigenvalue weighted by atomic mass is 9.89. The van der Waals surface area contributed by atoms with E-state index in [1.165, 1.54) is 50.5 Å². The molecule has 1 aromatic rings. The smallest absolute Gasteiger partial charge is 0.319 e. The first-order chi connectivity index (χ1) is 11.7. The van der Waals surface area contributed by atoms with E-state index in [0.29, 0.717) is 0 Å². The molecule has 24 heavy (non-hydrogen) atoms. The van der Waals surface area contributed by atoms with E-state index >= 15 is 0 Å². The van der Waals surface area contributed by atoms with Crippen LogP contribution in [-0.2, 0) is 0 Å². The minimum Gasteiger partial charge on any atom is -0.327 e. The van der Waals surface area contributed by atoms with Gasteiger partial charge >= 0.3 is 6.03 Å². The molecule has 0 radical (unpaired) electrons. The Balaban J connectivity index is 1.86. The van der Waals surface area contributed by atoms with E-state index in [2.05, 4.69) is 10.6 Å². The average molecular weight is 347 g/mol. The number of carbonyl (C=O) groups is 1. The van der Waals surface area contributed by atoms with Crippen LogP contribution >= 0.6 is 11.6 Å². The summed E-state index contributed by atoms with van der Waals surface area (Å²) in [5.74, 6) is 0. The second kappa shape index (κ2) is 8.57. The van der Waals surface area contributed by atoms with Crippen molar-refractivity contribution in [2.45, 2.75) is 70.3 Å². The maximum atomic E-state index is 12.2. The van der Waals surface area contributed by atoms with Crippen LogP contribution in [0.25, 0.3) is 0 Å². The fraction of sp³-hybridized carbons (Fsp3) is 0.550. The van der Waals surface area contributed by atoms with Gasteiger partial charge in [-0.3, -0.25) is 0 Å². The quantitative estimate of drug-likeness (QED) is 0.656. The number of allylic oxidation sites excluding steroid dienone is 1. The third kappa shape index (κ3) is 4.54. The molecular formula is C20H27ClN2O. The number of carbonyl (C=O) groups excluding carboxylic acids is 1. The van der Waals surface area contributed by atoms with Gasteiger partial charge in [0.15, 0.2) is 0 Å². The summed E-state index contributed by atoms with van der Waals surface area (Å²) in [7, 11) is 0. The van der Waals surface area contributed by atoms with Gasteiger partial charge in [0.05, 0.1) is 6.04 Å². The summed E-state index contributed by atoms with van der Waals surface area (Å²) in [4.78, 5) is 12.2. The zero-order valence-corrected chi connectivity index (χ0v) is 15.0. The number of hydrogen-bond donors (Lipinski definition) is 2. The molecule has 1 aliphatic carbocycles. The summed E-state index contributed by atoms with van der Waals surface area (Å²) in [6.07, 6.45) is 12.3. The number of halogens is 1. The van der Waals surface area contributed by atoms with Crippen LogP contribution in [0, 0.1) is 0 Å². The first-order valence-corrected chi connectivity index (χ1v) is 9.67. The fourth-order valence-corrected chi connectivity index (χ4v) is 3.91. The lowest BCUT2D eigenvalue weighted by Crippen LogP contribution is -2.44. The first-order valence-electron chi connectivity index (χ1n) is 9.29. The molecule has 3 rings (SSSR count). The van der Waals surface area contributed by atoms with E-state index in [0.717, 1.165) is 35.5 Å². The molecule has 4 heteroatoms. The predicted molar refractivity (Wildman–Crippen MR) is 99.1 cm³/mol. The number of hydrogen-bond acceptors (Lipinski definition) is 1. The van der Waals surface area contributed by atoms with E-state index in [4.69, 9.17) is 11.6 Å². The molecule has 0 spiro atoms. The van der Waals surface area contributed by atoms with Crippen LogP contribution in [0.3, 0.4) is 0 Å². The standard InChI is InChI=1S/C20H27ClN2O/c21-16-13-11-15(12-14-16)19-17-9-7-5-3-1-2-4-6-8-10-18(17)22-20(24)23-19/h11-14,19H,1-10H2,(H2,22,23,24). The monoisotopic (exact) mass is 346 g/mol. The number of urea groups is 1. The van der Waals surface area contributed by atoms with Gasteiger partial charge in [-0.05, 0) is 49.0 Å². The largest absolute Gasteiger partial charge is 0.327 e. The summed E-state index contributed by atoms with van der Waals surface area (Å²) in [5.41, 5.74) is 3.63. The SMILES string of the molecule is O=C1NC2=C(CCCCCCCCCC2)C(c2ccc(Cl)cc2)N1. The average Bonchev–Trinajstić information content (AvgIpc) is 2.56. The maximum absolute atomic E-state index is 12.2. The fourth-order valence-electron chi connectivity index (χ4n) is 3.78. The van der Waals surface area contributed by atoms with Crippen molar-refractivity contribution < 1.29 is 4.79 Å². The predicted octanol–water partition coefficient (Wildman–Crippen LogP) is 5.86. The van der Waals surface area contributed by atoms with Gasteiger partial charge < -0.3 is 10.6 Å². The van der Waals surface area contributed by atoms with E-state index < -0.39 is 0 Å². The molecule has 1 unspecified atom stereocenters. The summed E-state index contributed by atoms with van der Waals surface area (Å²) in [6.45, 7) is 0. The Morgan fingerprint density at radius 3 is 2.08 bits per heavy atom. The second-order valence-electron chi connectivity index (χ2n) is 6.92. The van der Waals surface area contributed by atoms with Crippen LogP contribution < -0.4 is 10.6 Å². The molecule has 0 saturated carbocycles. The molecule has 2 amide bonds. The topological polar surface area (TPSA) is 41.1 Å². The molecule has 130 valence electrons. The van der Waals surface area contributed by atoms with Crippen LogP contribution in [0.1, 0.15) is 75.8 Å². The van der Waals surface area contributed by atoms with Crippen LogP contribution in [0.5, 0.6) is 0 Å². The van der Waals surface area contributed by atoms with Gasteiger partial charge in [-0.15, -0.1) is 0 Å². The minimum atomic E-state index is -0.0826. The highest BCUT2D eigenvalue weighted by Gasteiger charge is 2.27. The maximum Gasteiger partial charge on any atom is 0.319 e. The number of benzene rings is 1. The highest BCUT2D eigenvalue weighted by molar-refractivity contribution is 6.30. The van der Waals surface area contributed by atoms with Crippen LogP contribution in [0.4, 0.5) is 4.79 Å². The van der Waals surface area contributed by atoms with E-state index in [-0.39, 0.29) is 12.1 Å². The van der Waals surface area contributed by atoms with Gasteiger partial charge in [-0.1, -0.05) is 62.3 Å². The summed E-state index contributed by atoms with van der Waals surface area (Å²) in [5, 5.41) is 6.93. The Morgan fingerprint density at radius 2 is 1.42 bits per heavy atom. The molecule has 1 heterocycles. The lowest BCUT2D eigenvalue weighted by Gasteiger charge is -2.31. The summed E-state index contributed by atoms with van der Waals surface area (Å²) >= 11 is 6.03. The Hall–Kier alpha value is -1.48. The molecule has 2 N–H and O–H groups in total. The lowest BCUT2D eigenvalue weighted by molar-refractivity contribution is 0.237. The minimum absolute atomic E-state index is 0.0195. The van der Waals surface area contributed by atoms with E-state index in [1.54, 1.807) is 0 Å². The van der Waals surface area contributed by atoms with Crippen molar-refractivity contribution in [3.63, 3.8) is 0 Å². The zero-order valence-electron chi connectivity index (χ0n) is 14.2. The Bertz CT molecular complexity index is 594. The van der Waals surface area contributed by atoms with Gasteiger partial charge in [-0.2, -0.15) is 0 Å². The molecule has 0 aromatic heterocycles. The molecule has 1 aromatic carbocycles. The van der Waals surface area contributed by atoms with Gasteiger partial charge in [0.2, 0.25) is 0 Å². The molecule has 1 atom stereocenters. The van der Waals surface area contributed by atoms with E-state index in [9.17, 15) is 4.79 Å². The Kier molecular flexibility index (Phi) is 6.19. The first kappa shape index (κ1) is 17.3. The van der Waals surface area contributed by atoms with Crippen molar-refractivity contribution in [1.29, 1.82) is 0 Å². The van der Waals surface area contributed by atoms with Crippen LogP contribution in [-0.4, -0.2) is 6.03 Å². The molecule has 0 saturated heterocycles. The van der Waals surface area contributed by atoms with Crippen LogP contribution in [0.2, 0.25) is 5.02 Å². The molecule has 2 aliphatic rings. The van der Waals surface area contributed by atoms with Crippen LogP contribution in [0.15, 0.2) is 35.5 Å². The number of nitrogens with one attached hydrogen (secondary N) is 2. The van der Waals surface area contributed by atoms with Crippen molar-refractivity contribution in [3.05, 3.63) is 46.1 Å². The molecule has 3 nitrogen and oxygen atoms in total. The second-order valence-corrected chi connectivity index (χ2v) is 7.35. The molecule has 0 bridgehead atoms. The molecule has 0 fully saturated rings. The van der Waals surface area contributed by atoms with E-state index in [1.807, 2.05) is 24.3 Å². The molecule has 1 aliphatic heterocycles. The normalized spacial score (nSPS) is 23.4. The third-order valence-electron chi connectivity index (χ3n) is 5.10. The number of rotatable bonds is 1. The van der Waals surface area contributed by atoms with Crippen molar-refractivity contribution >= 4 is 17.6 Å². The van der Waals surface area contributed by atoms with Gasteiger partial charge in [0.25, 0.3) is 0 Å². The summed E-state index contributed by atoms with van der Waals surface area (Å²) in [6, 6.07) is 7.76. The summed E-state index contributed by atoms with van der Waals surface area (Å²) < 4.78 is 0. The van der Waals surface area contributed by atoms with Gasteiger partial charge in [0, 0.05) is 10.7 Å². The Labute approximate surface area is 149 Å². The zero-order chi connectivity index (χ0) is 16.8. The number of amides is 2. The highest BCUT2D eigenvalue weighted by Crippen LogP contribution is 2.33. The van der Waals surface area contributed by atoms with Crippen molar-refractivity contribution in [2.75, 3.05) is 0 Å². The van der Waals surface area contributed by atoms with Gasteiger partial charge in [0.1, 0.15) is 0 Å². The third-order valence-corrected chi connectivity index (χ3v) is 5.35. The van der Waals surface area contributed by atoms with Crippen molar-refractivity contribution in [3.8, 4) is 0 Å². The molecular weight excluding hydrogens is 320 g/mol.